The summed E-state index contributed by atoms with van der Waals surface area (Å²) in [5, 5.41) is 2.62. The highest BCUT2D eigenvalue weighted by Crippen LogP contribution is 2.13. The molecule has 18 heavy (non-hydrogen) atoms. The Hall–Kier alpha value is -2.04. The summed E-state index contributed by atoms with van der Waals surface area (Å²) < 4.78 is 0. The Morgan fingerprint density at radius 2 is 2.11 bits per heavy atom. The molecule has 1 fully saturated rings. The molecular formula is C13H17N3O2. The highest BCUT2D eigenvalue weighted by molar-refractivity contribution is 5.91. The van der Waals surface area contributed by atoms with Crippen molar-refractivity contribution in [2.45, 2.75) is 32.7 Å². The fourth-order valence-corrected chi connectivity index (χ4v) is 1.85. The molecule has 0 aromatic heterocycles. The van der Waals surface area contributed by atoms with E-state index < -0.39 is 6.04 Å². The summed E-state index contributed by atoms with van der Waals surface area (Å²) in [5.74, 6) is -0.277. The fraction of sp³-hybridized carbons (Fsp3) is 0.385. The molecule has 1 aromatic carbocycles. The van der Waals surface area contributed by atoms with Crippen molar-refractivity contribution in [2.24, 2.45) is 0 Å². The number of carbonyl (C=O) groups is 2. The predicted molar refractivity (Wildman–Crippen MR) is 68.8 cm³/mol. The molecule has 1 saturated heterocycles. The maximum absolute atomic E-state index is 11.7. The van der Waals surface area contributed by atoms with Crippen LogP contribution in [0.2, 0.25) is 0 Å². The van der Waals surface area contributed by atoms with Crippen LogP contribution in [0.25, 0.3) is 0 Å². The van der Waals surface area contributed by atoms with Crippen molar-refractivity contribution in [3.63, 3.8) is 0 Å². The van der Waals surface area contributed by atoms with E-state index in [2.05, 4.69) is 16.2 Å². The molecule has 3 N–H and O–H groups in total. The van der Waals surface area contributed by atoms with Gasteiger partial charge in [-0.1, -0.05) is 6.07 Å². The van der Waals surface area contributed by atoms with Gasteiger partial charge in [-0.05, 0) is 43.5 Å². The van der Waals surface area contributed by atoms with Crippen molar-refractivity contribution in [3.8, 4) is 0 Å². The summed E-state index contributed by atoms with van der Waals surface area (Å²) in [6, 6.07) is 5.43. The first-order valence-electron chi connectivity index (χ1n) is 5.99. The summed E-state index contributed by atoms with van der Waals surface area (Å²) >= 11 is 0. The molecule has 0 spiro atoms. The van der Waals surface area contributed by atoms with Gasteiger partial charge in [0.1, 0.15) is 6.04 Å². The lowest BCUT2D eigenvalue weighted by Gasteiger charge is -2.13. The Bertz CT molecular complexity index is 485. The number of nitrogens with one attached hydrogen (secondary N) is 3. The van der Waals surface area contributed by atoms with Gasteiger partial charge in [-0.2, -0.15) is 0 Å². The zero-order valence-electron chi connectivity index (χ0n) is 10.5. The Kier molecular flexibility index (Phi) is 3.50. The molecule has 1 aliphatic heterocycles. The van der Waals surface area contributed by atoms with Crippen molar-refractivity contribution in [1.82, 2.24) is 10.7 Å². The predicted octanol–water partition coefficient (Wildman–Crippen LogP) is 1.03. The number of amides is 2. The van der Waals surface area contributed by atoms with Gasteiger partial charge in [0.15, 0.2) is 0 Å². The SMILES string of the molecule is Cc1ccc(NNC(=O)C2CCC(=O)N2)cc1C. The second-order valence-electron chi connectivity index (χ2n) is 4.57. The summed E-state index contributed by atoms with van der Waals surface area (Å²) in [6.45, 7) is 4.05. The largest absolute Gasteiger partial charge is 0.344 e. The third-order valence-electron chi connectivity index (χ3n) is 3.15. The van der Waals surface area contributed by atoms with Crippen LogP contribution in [0.3, 0.4) is 0 Å². The molecule has 2 rings (SSSR count). The van der Waals surface area contributed by atoms with Crippen LogP contribution in [0, 0.1) is 13.8 Å². The Balaban J connectivity index is 1.89. The van der Waals surface area contributed by atoms with E-state index in [0.717, 1.165) is 11.3 Å². The van der Waals surface area contributed by atoms with Crippen LogP contribution < -0.4 is 16.2 Å². The molecule has 1 aliphatic rings. The van der Waals surface area contributed by atoms with Gasteiger partial charge in [0.25, 0.3) is 5.91 Å². The molecule has 5 nitrogen and oxygen atoms in total. The number of hydrogen-bond acceptors (Lipinski definition) is 3. The van der Waals surface area contributed by atoms with Crippen LogP contribution in [0.4, 0.5) is 5.69 Å². The molecule has 0 radical (unpaired) electrons. The topological polar surface area (TPSA) is 70.2 Å². The third kappa shape index (κ3) is 2.80. The monoisotopic (exact) mass is 247 g/mol. The minimum Gasteiger partial charge on any atom is -0.344 e. The van der Waals surface area contributed by atoms with Gasteiger partial charge in [-0.3, -0.25) is 20.4 Å². The van der Waals surface area contributed by atoms with E-state index in [1.807, 2.05) is 32.0 Å². The average molecular weight is 247 g/mol. The second kappa shape index (κ2) is 5.08. The maximum atomic E-state index is 11.7. The van der Waals surface area contributed by atoms with E-state index in [9.17, 15) is 9.59 Å². The van der Waals surface area contributed by atoms with Crippen molar-refractivity contribution in [3.05, 3.63) is 29.3 Å². The Morgan fingerprint density at radius 1 is 1.33 bits per heavy atom. The van der Waals surface area contributed by atoms with Crippen molar-refractivity contribution in [2.75, 3.05) is 5.43 Å². The lowest BCUT2D eigenvalue weighted by Crippen LogP contribution is -2.43. The lowest BCUT2D eigenvalue weighted by atomic mass is 10.1. The van der Waals surface area contributed by atoms with Gasteiger partial charge in [0.2, 0.25) is 5.91 Å². The van der Waals surface area contributed by atoms with Crippen LogP contribution in [0.15, 0.2) is 18.2 Å². The molecule has 1 aromatic rings. The molecule has 5 heteroatoms. The van der Waals surface area contributed by atoms with E-state index in [1.54, 1.807) is 0 Å². The molecule has 0 saturated carbocycles. The molecular weight excluding hydrogens is 230 g/mol. The first kappa shape index (κ1) is 12.4. The van der Waals surface area contributed by atoms with Crippen LogP contribution in [-0.2, 0) is 9.59 Å². The van der Waals surface area contributed by atoms with Gasteiger partial charge >= 0.3 is 0 Å². The minimum atomic E-state index is -0.420. The maximum Gasteiger partial charge on any atom is 0.260 e. The second-order valence-corrected chi connectivity index (χ2v) is 4.57. The normalized spacial score (nSPS) is 18.3. The van der Waals surface area contributed by atoms with Gasteiger partial charge in [0.05, 0.1) is 5.69 Å². The molecule has 0 bridgehead atoms. The smallest absolute Gasteiger partial charge is 0.260 e. The lowest BCUT2D eigenvalue weighted by molar-refractivity contribution is -0.125. The number of aryl methyl sites for hydroxylation is 2. The number of hydrogen-bond donors (Lipinski definition) is 3. The van der Waals surface area contributed by atoms with E-state index in [0.29, 0.717) is 12.8 Å². The quantitative estimate of drug-likeness (QED) is 0.699. The first-order valence-corrected chi connectivity index (χ1v) is 5.99. The zero-order chi connectivity index (χ0) is 13.1. The first-order chi connectivity index (χ1) is 8.56. The third-order valence-corrected chi connectivity index (χ3v) is 3.15. The van der Waals surface area contributed by atoms with Crippen LogP contribution in [0.1, 0.15) is 24.0 Å². The van der Waals surface area contributed by atoms with E-state index in [-0.39, 0.29) is 11.8 Å². The van der Waals surface area contributed by atoms with E-state index >= 15 is 0 Å². The molecule has 1 heterocycles. The van der Waals surface area contributed by atoms with Crippen molar-refractivity contribution >= 4 is 17.5 Å². The number of anilines is 1. The van der Waals surface area contributed by atoms with E-state index in [1.165, 1.54) is 5.56 Å². The van der Waals surface area contributed by atoms with Crippen LogP contribution in [-0.4, -0.2) is 17.9 Å². The standard InChI is InChI=1S/C13H17N3O2/c1-8-3-4-10(7-9(8)2)15-16-13(18)11-5-6-12(17)14-11/h3-4,7,11,15H,5-6H2,1-2H3,(H,14,17)(H,16,18). The molecule has 2 amide bonds. The van der Waals surface area contributed by atoms with Crippen molar-refractivity contribution < 1.29 is 9.59 Å². The summed E-state index contributed by atoms with van der Waals surface area (Å²) in [5.41, 5.74) is 8.65. The summed E-state index contributed by atoms with van der Waals surface area (Å²) in [6.07, 6.45) is 0.973. The average Bonchev–Trinajstić information content (AvgIpc) is 2.77. The number of carbonyl (C=O) groups excluding carboxylic acids is 2. The van der Waals surface area contributed by atoms with Gasteiger partial charge in [-0.15, -0.1) is 0 Å². The van der Waals surface area contributed by atoms with Gasteiger partial charge < -0.3 is 5.32 Å². The Morgan fingerprint density at radius 3 is 2.72 bits per heavy atom. The molecule has 1 unspecified atom stereocenters. The number of hydrazine groups is 1. The highest BCUT2D eigenvalue weighted by atomic mass is 16.2. The number of benzene rings is 1. The van der Waals surface area contributed by atoms with Crippen LogP contribution in [0.5, 0.6) is 0 Å². The zero-order valence-corrected chi connectivity index (χ0v) is 10.5. The fourth-order valence-electron chi connectivity index (χ4n) is 1.85. The van der Waals surface area contributed by atoms with Crippen LogP contribution >= 0.6 is 0 Å². The minimum absolute atomic E-state index is 0.0682. The summed E-state index contributed by atoms with van der Waals surface area (Å²) in [7, 11) is 0. The molecule has 1 atom stereocenters. The number of rotatable bonds is 3. The highest BCUT2D eigenvalue weighted by Gasteiger charge is 2.26. The summed E-state index contributed by atoms with van der Waals surface area (Å²) in [4.78, 5) is 22.7. The van der Waals surface area contributed by atoms with E-state index in [4.69, 9.17) is 0 Å². The Labute approximate surface area is 106 Å². The van der Waals surface area contributed by atoms with Gasteiger partial charge in [-0.25, -0.2) is 0 Å². The molecule has 96 valence electrons. The van der Waals surface area contributed by atoms with Crippen molar-refractivity contribution in [1.29, 1.82) is 0 Å². The van der Waals surface area contributed by atoms with Gasteiger partial charge in [0, 0.05) is 6.42 Å². The molecule has 0 aliphatic carbocycles.